The standard InChI is InChI=1S/C17H17ClN2O/c18-15-9-12(10-19)5-6-14(15)11-20-16-4-2-1-3-13(16)7-8-17(20)21/h1-6,9H,7-8,10-11,19H2. The van der Waals surface area contributed by atoms with Crippen molar-refractivity contribution in [2.45, 2.75) is 25.9 Å². The molecule has 3 rings (SSSR count). The minimum atomic E-state index is 0.146. The first-order valence-electron chi connectivity index (χ1n) is 7.04. The van der Waals surface area contributed by atoms with Crippen molar-refractivity contribution in [3.8, 4) is 0 Å². The second-order valence-electron chi connectivity index (χ2n) is 5.24. The lowest BCUT2D eigenvalue weighted by Gasteiger charge is -2.29. The molecule has 0 fully saturated rings. The van der Waals surface area contributed by atoms with Crippen LogP contribution < -0.4 is 10.6 Å². The van der Waals surface area contributed by atoms with Crippen molar-refractivity contribution in [2.24, 2.45) is 5.73 Å². The molecular formula is C17H17ClN2O. The van der Waals surface area contributed by atoms with Gasteiger partial charge in [-0.3, -0.25) is 4.79 Å². The number of rotatable bonds is 3. The van der Waals surface area contributed by atoms with Crippen molar-refractivity contribution in [2.75, 3.05) is 4.90 Å². The topological polar surface area (TPSA) is 46.3 Å². The number of fused-ring (bicyclic) bond motifs is 1. The van der Waals surface area contributed by atoms with Crippen LogP contribution in [0, 0.1) is 0 Å². The number of aryl methyl sites for hydroxylation is 1. The molecule has 2 aromatic carbocycles. The number of nitrogens with two attached hydrogens (primary N) is 1. The lowest BCUT2D eigenvalue weighted by atomic mass is 10.0. The van der Waals surface area contributed by atoms with Gasteiger partial charge in [-0.15, -0.1) is 0 Å². The summed E-state index contributed by atoms with van der Waals surface area (Å²) in [5, 5.41) is 0.661. The van der Waals surface area contributed by atoms with Crippen LogP contribution in [0.5, 0.6) is 0 Å². The number of amides is 1. The molecule has 21 heavy (non-hydrogen) atoms. The van der Waals surface area contributed by atoms with Crippen LogP contribution in [0.3, 0.4) is 0 Å². The predicted molar refractivity (Wildman–Crippen MR) is 85.3 cm³/mol. The monoisotopic (exact) mass is 300 g/mol. The van der Waals surface area contributed by atoms with Crippen LogP contribution in [-0.2, 0) is 24.3 Å². The second-order valence-corrected chi connectivity index (χ2v) is 5.65. The van der Waals surface area contributed by atoms with Crippen LogP contribution in [-0.4, -0.2) is 5.91 Å². The van der Waals surface area contributed by atoms with Gasteiger partial charge in [0.25, 0.3) is 0 Å². The van der Waals surface area contributed by atoms with Crippen molar-refractivity contribution >= 4 is 23.2 Å². The molecule has 0 saturated carbocycles. The molecule has 0 aromatic heterocycles. The van der Waals surface area contributed by atoms with Gasteiger partial charge in [-0.25, -0.2) is 0 Å². The minimum Gasteiger partial charge on any atom is -0.326 e. The van der Waals surface area contributed by atoms with Crippen molar-refractivity contribution in [1.29, 1.82) is 0 Å². The molecule has 0 radical (unpaired) electrons. The van der Waals surface area contributed by atoms with Crippen LogP contribution in [0.2, 0.25) is 5.02 Å². The van der Waals surface area contributed by atoms with E-state index in [0.29, 0.717) is 24.5 Å². The Balaban J connectivity index is 1.92. The van der Waals surface area contributed by atoms with Gasteiger partial charge in [-0.05, 0) is 35.2 Å². The summed E-state index contributed by atoms with van der Waals surface area (Å²) in [6.07, 6.45) is 1.36. The van der Waals surface area contributed by atoms with E-state index in [-0.39, 0.29) is 5.91 Å². The number of para-hydroxylation sites is 1. The maximum atomic E-state index is 12.3. The normalized spacial score (nSPS) is 14.2. The molecule has 1 aliphatic rings. The van der Waals surface area contributed by atoms with Gasteiger partial charge in [0.15, 0.2) is 0 Å². The smallest absolute Gasteiger partial charge is 0.227 e. The zero-order chi connectivity index (χ0) is 14.8. The van der Waals surface area contributed by atoms with Crippen LogP contribution in [0.25, 0.3) is 0 Å². The fourth-order valence-electron chi connectivity index (χ4n) is 2.69. The number of hydrogen-bond acceptors (Lipinski definition) is 2. The maximum absolute atomic E-state index is 12.3. The minimum absolute atomic E-state index is 0.146. The van der Waals surface area contributed by atoms with E-state index < -0.39 is 0 Å². The van der Waals surface area contributed by atoms with Crippen molar-refractivity contribution in [3.63, 3.8) is 0 Å². The SMILES string of the molecule is NCc1ccc(CN2C(=O)CCc3ccccc32)c(Cl)c1. The maximum Gasteiger partial charge on any atom is 0.227 e. The lowest BCUT2D eigenvalue weighted by molar-refractivity contribution is -0.119. The Morgan fingerprint density at radius 3 is 2.71 bits per heavy atom. The number of hydrogen-bond donors (Lipinski definition) is 1. The van der Waals surface area contributed by atoms with Crippen molar-refractivity contribution in [3.05, 3.63) is 64.2 Å². The molecule has 0 bridgehead atoms. The van der Waals surface area contributed by atoms with Gasteiger partial charge in [-0.2, -0.15) is 0 Å². The Hall–Kier alpha value is -1.84. The molecule has 0 unspecified atom stereocenters. The first-order valence-corrected chi connectivity index (χ1v) is 7.42. The average Bonchev–Trinajstić information content (AvgIpc) is 2.51. The summed E-state index contributed by atoms with van der Waals surface area (Å²) >= 11 is 6.31. The third-order valence-electron chi connectivity index (χ3n) is 3.87. The number of carbonyl (C=O) groups is 1. The highest BCUT2D eigenvalue weighted by molar-refractivity contribution is 6.31. The van der Waals surface area contributed by atoms with E-state index in [2.05, 4.69) is 6.07 Å². The highest BCUT2D eigenvalue weighted by Crippen LogP contribution is 2.30. The van der Waals surface area contributed by atoms with Crippen molar-refractivity contribution < 1.29 is 4.79 Å². The molecule has 2 aromatic rings. The summed E-state index contributed by atoms with van der Waals surface area (Å²) < 4.78 is 0. The van der Waals surface area contributed by atoms with Crippen LogP contribution in [0.4, 0.5) is 5.69 Å². The van der Waals surface area contributed by atoms with Gasteiger partial charge in [-0.1, -0.05) is 41.9 Å². The zero-order valence-electron chi connectivity index (χ0n) is 11.7. The molecule has 108 valence electrons. The third-order valence-corrected chi connectivity index (χ3v) is 4.23. The van der Waals surface area contributed by atoms with Gasteiger partial charge in [0.05, 0.1) is 6.54 Å². The number of nitrogens with zero attached hydrogens (tertiary/aromatic N) is 1. The van der Waals surface area contributed by atoms with E-state index in [1.54, 1.807) is 0 Å². The van der Waals surface area contributed by atoms with Gasteiger partial charge in [0.1, 0.15) is 0 Å². The van der Waals surface area contributed by atoms with E-state index in [0.717, 1.165) is 23.2 Å². The fourth-order valence-corrected chi connectivity index (χ4v) is 2.95. The van der Waals surface area contributed by atoms with Crippen LogP contribution >= 0.6 is 11.6 Å². The zero-order valence-corrected chi connectivity index (χ0v) is 12.4. The summed E-state index contributed by atoms with van der Waals surface area (Å²) in [6, 6.07) is 13.8. The Kier molecular flexibility index (Phi) is 3.95. The van der Waals surface area contributed by atoms with E-state index in [4.69, 9.17) is 17.3 Å². The van der Waals surface area contributed by atoms with Gasteiger partial charge in [0.2, 0.25) is 5.91 Å². The Morgan fingerprint density at radius 1 is 1.14 bits per heavy atom. The second kappa shape index (κ2) is 5.88. The molecule has 0 saturated heterocycles. The van der Waals surface area contributed by atoms with E-state index in [9.17, 15) is 4.79 Å². The highest BCUT2D eigenvalue weighted by Gasteiger charge is 2.24. The molecule has 4 heteroatoms. The van der Waals surface area contributed by atoms with Crippen molar-refractivity contribution in [1.82, 2.24) is 0 Å². The summed E-state index contributed by atoms with van der Waals surface area (Å²) in [7, 11) is 0. The van der Waals surface area contributed by atoms with Gasteiger partial charge >= 0.3 is 0 Å². The first-order chi connectivity index (χ1) is 10.2. The molecule has 2 N–H and O–H groups in total. The van der Waals surface area contributed by atoms with Crippen LogP contribution in [0.1, 0.15) is 23.1 Å². The molecule has 1 amide bonds. The summed E-state index contributed by atoms with van der Waals surface area (Å²) in [5.41, 5.74) is 9.76. The molecule has 3 nitrogen and oxygen atoms in total. The van der Waals surface area contributed by atoms with E-state index in [1.165, 1.54) is 5.56 Å². The fraction of sp³-hybridized carbons (Fsp3) is 0.235. The third kappa shape index (κ3) is 2.80. The quantitative estimate of drug-likeness (QED) is 0.945. The average molecular weight is 301 g/mol. The molecule has 0 spiro atoms. The Morgan fingerprint density at radius 2 is 1.95 bits per heavy atom. The number of benzene rings is 2. The first kappa shape index (κ1) is 14.1. The molecule has 0 aliphatic carbocycles. The Labute approximate surface area is 129 Å². The number of anilines is 1. The summed E-state index contributed by atoms with van der Waals surface area (Å²) in [6.45, 7) is 0.963. The van der Waals surface area contributed by atoms with Crippen LogP contribution in [0.15, 0.2) is 42.5 Å². The molecule has 0 atom stereocenters. The summed E-state index contributed by atoms with van der Waals surface area (Å²) in [4.78, 5) is 14.1. The molecule has 1 heterocycles. The number of carbonyl (C=O) groups excluding carboxylic acids is 1. The lowest BCUT2D eigenvalue weighted by Crippen LogP contribution is -2.34. The van der Waals surface area contributed by atoms with E-state index in [1.807, 2.05) is 41.3 Å². The summed E-state index contributed by atoms with van der Waals surface area (Å²) in [5.74, 6) is 0.146. The largest absolute Gasteiger partial charge is 0.326 e. The van der Waals surface area contributed by atoms with E-state index >= 15 is 0 Å². The Bertz CT molecular complexity index is 684. The highest BCUT2D eigenvalue weighted by atomic mass is 35.5. The molecule has 1 aliphatic heterocycles. The van der Waals surface area contributed by atoms with Gasteiger partial charge < -0.3 is 10.6 Å². The van der Waals surface area contributed by atoms with Gasteiger partial charge in [0, 0.05) is 23.7 Å². The predicted octanol–water partition coefficient (Wildman–Crippen LogP) is 3.28. The number of halogens is 1. The molecular weight excluding hydrogens is 284 g/mol.